The van der Waals surface area contributed by atoms with E-state index in [0.29, 0.717) is 0 Å². The van der Waals surface area contributed by atoms with E-state index < -0.39 is 0 Å². The summed E-state index contributed by atoms with van der Waals surface area (Å²) < 4.78 is 0. The van der Waals surface area contributed by atoms with Crippen LogP contribution in [0.1, 0.15) is 30.9 Å². The number of carbonyl (C=O) groups is 1. The minimum Gasteiger partial charge on any atom is -0.352 e. The van der Waals surface area contributed by atoms with Gasteiger partial charge in [0.25, 0.3) is 5.91 Å². The molecule has 1 rings (SSSR count). The average molecular weight is 181 g/mol. The molecule has 0 spiro atoms. The van der Waals surface area contributed by atoms with Gasteiger partial charge in [0.15, 0.2) is 0 Å². The van der Waals surface area contributed by atoms with Crippen molar-refractivity contribution in [3.63, 3.8) is 0 Å². The number of hydrogen-bond donors (Lipinski definition) is 1. The lowest BCUT2D eigenvalue weighted by Crippen LogP contribution is -2.20. The molecule has 1 N–H and O–H groups in total. The number of carbonyl (C=O) groups excluding carboxylic acids is 1. The summed E-state index contributed by atoms with van der Waals surface area (Å²) in [7, 11) is 1.54. The fraction of sp³-hybridized carbons (Fsp3) is 0.444. The minimum absolute atomic E-state index is 0.199. The third-order valence-electron chi connectivity index (χ3n) is 0.996. The van der Waals surface area contributed by atoms with E-state index in [1.165, 1.54) is 18.8 Å². The maximum Gasteiger partial charge on any atom is 0.288 e. The number of nitrogens with zero attached hydrogens (tertiary/aromatic N) is 2. The fourth-order valence-electron chi connectivity index (χ4n) is 0.528. The van der Waals surface area contributed by atoms with Gasteiger partial charge in [-0.05, 0) is 6.07 Å². The van der Waals surface area contributed by atoms with Gasteiger partial charge in [0.05, 0.1) is 0 Å². The highest BCUT2D eigenvalue weighted by Gasteiger charge is 2.02. The third-order valence-corrected chi connectivity index (χ3v) is 0.996. The largest absolute Gasteiger partial charge is 0.352 e. The monoisotopic (exact) mass is 181 g/mol. The lowest BCUT2D eigenvalue weighted by atomic mass is 10.5. The van der Waals surface area contributed by atoms with Crippen LogP contribution in [0.3, 0.4) is 0 Å². The van der Waals surface area contributed by atoms with E-state index in [4.69, 9.17) is 0 Å². The van der Waals surface area contributed by atoms with Crippen LogP contribution in [0.4, 0.5) is 0 Å². The molecule has 0 aliphatic carbocycles. The molecule has 0 unspecified atom stereocenters. The van der Waals surface area contributed by atoms with Crippen LogP contribution in [0.25, 0.3) is 0 Å². The summed E-state index contributed by atoms with van der Waals surface area (Å²) in [6.07, 6.45) is 4.30. The van der Waals surface area contributed by atoms with Gasteiger partial charge in [-0.1, -0.05) is 20.3 Å². The number of amides is 1. The van der Waals surface area contributed by atoms with E-state index >= 15 is 0 Å². The summed E-state index contributed by atoms with van der Waals surface area (Å²) in [4.78, 5) is 18.2. The van der Waals surface area contributed by atoms with Crippen LogP contribution in [-0.4, -0.2) is 22.9 Å². The summed E-state index contributed by atoms with van der Waals surface area (Å²) in [6, 6.07) is 1.66. The van der Waals surface area contributed by atoms with E-state index in [-0.39, 0.29) is 11.7 Å². The molecule has 0 aliphatic rings. The molecule has 0 fully saturated rings. The Morgan fingerprint density at radius 1 is 1.38 bits per heavy atom. The Bertz CT molecular complexity index is 236. The van der Waals surface area contributed by atoms with Crippen LogP contribution >= 0.6 is 0 Å². The molecule has 0 bridgehead atoms. The summed E-state index contributed by atoms with van der Waals surface area (Å²) in [5, 5.41) is 2.42. The van der Waals surface area contributed by atoms with Crippen molar-refractivity contribution in [2.45, 2.75) is 20.3 Å². The highest BCUT2D eigenvalue weighted by atomic mass is 16.2. The van der Waals surface area contributed by atoms with E-state index in [2.05, 4.69) is 29.1 Å². The van der Waals surface area contributed by atoms with Crippen LogP contribution in [0.2, 0.25) is 0 Å². The highest BCUT2D eigenvalue weighted by molar-refractivity contribution is 5.89. The minimum atomic E-state index is -0.263. The highest BCUT2D eigenvalue weighted by Crippen LogP contribution is 1.84. The first kappa shape index (κ1) is 11.6. The molecule has 4 nitrogen and oxygen atoms in total. The summed E-state index contributed by atoms with van der Waals surface area (Å²) in [5.74, 6) is -0.0643. The third kappa shape index (κ3) is 4.90. The molecule has 4 heteroatoms. The molecule has 1 heterocycles. The Kier molecular flexibility index (Phi) is 6.41. The molecule has 0 radical (unpaired) electrons. The van der Waals surface area contributed by atoms with Gasteiger partial charge in [-0.15, -0.1) is 0 Å². The standard InChI is InChI=1S/C6H7N3O.C3H8/c1-7-6(10)5-8-3-2-4-9-5;1-3-2/h2-4H,1H3,(H,7,10);3H2,1-2H3. The molecule has 1 aromatic rings. The van der Waals surface area contributed by atoms with Crippen molar-refractivity contribution in [1.82, 2.24) is 15.3 Å². The molecular formula is C9H15N3O. The lowest BCUT2D eigenvalue weighted by Gasteiger charge is -1.93. The predicted octanol–water partition coefficient (Wildman–Crippen LogP) is 1.25. The Labute approximate surface area is 78.4 Å². The van der Waals surface area contributed by atoms with Crippen molar-refractivity contribution in [2.24, 2.45) is 0 Å². The van der Waals surface area contributed by atoms with Gasteiger partial charge < -0.3 is 5.32 Å². The van der Waals surface area contributed by atoms with E-state index in [0.717, 1.165) is 0 Å². The predicted molar refractivity (Wildman–Crippen MR) is 51.4 cm³/mol. The van der Waals surface area contributed by atoms with Crippen LogP contribution in [0, 0.1) is 0 Å². The second-order valence-corrected chi connectivity index (χ2v) is 2.36. The van der Waals surface area contributed by atoms with Gasteiger partial charge in [0.1, 0.15) is 0 Å². The second kappa shape index (κ2) is 7.21. The first-order valence-corrected chi connectivity index (χ1v) is 4.25. The molecule has 1 aromatic heterocycles. The molecule has 13 heavy (non-hydrogen) atoms. The maximum atomic E-state index is 10.8. The van der Waals surface area contributed by atoms with Crippen molar-refractivity contribution in [1.29, 1.82) is 0 Å². The zero-order valence-corrected chi connectivity index (χ0v) is 8.24. The van der Waals surface area contributed by atoms with Crippen LogP contribution < -0.4 is 5.32 Å². The Hall–Kier alpha value is -1.45. The van der Waals surface area contributed by atoms with Gasteiger partial charge in [-0.2, -0.15) is 0 Å². The Morgan fingerprint density at radius 3 is 2.23 bits per heavy atom. The fourth-order valence-corrected chi connectivity index (χ4v) is 0.528. The topological polar surface area (TPSA) is 54.9 Å². The number of rotatable bonds is 1. The van der Waals surface area contributed by atoms with Gasteiger partial charge in [0.2, 0.25) is 5.82 Å². The number of aromatic nitrogens is 2. The number of hydrogen-bond acceptors (Lipinski definition) is 3. The zero-order valence-electron chi connectivity index (χ0n) is 8.24. The van der Waals surface area contributed by atoms with Crippen LogP contribution in [0.5, 0.6) is 0 Å². The zero-order chi connectivity index (χ0) is 10.1. The van der Waals surface area contributed by atoms with Crippen LogP contribution in [-0.2, 0) is 0 Å². The maximum absolute atomic E-state index is 10.8. The average Bonchev–Trinajstić information content (AvgIpc) is 2.19. The van der Waals surface area contributed by atoms with Gasteiger partial charge in [-0.25, -0.2) is 9.97 Å². The lowest BCUT2D eigenvalue weighted by molar-refractivity contribution is 0.0952. The van der Waals surface area contributed by atoms with Gasteiger partial charge >= 0.3 is 0 Å². The first-order chi connectivity index (χ1) is 6.26. The molecule has 0 aromatic carbocycles. The molecule has 0 saturated heterocycles. The summed E-state index contributed by atoms with van der Waals surface area (Å²) in [6.45, 7) is 4.25. The Morgan fingerprint density at radius 2 is 1.85 bits per heavy atom. The molecule has 0 atom stereocenters. The SMILES string of the molecule is CCC.CNC(=O)c1ncccn1. The first-order valence-electron chi connectivity index (χ1n) is 4.25. The normalized spacial score (nSPS) is 8.23. The molecular weight excluding hydrogens is 166 g/mol. The van der Waals surface area contributed by atoms with E-state index in [1.807, 2.05) is 0 Å². The van der Waals surface area contributed by atoms with E-state index in [9.17, 15) is 4.79 Å². The molecule has 1 amide bonds. The van der Waals surface area contributed by atoms with E-state index in [1.54, 1.807) is 13.1 Å². The quantitative estimate of drug-likeness (QED) is 0.709. The summed E-state index contributed by atoms with van der Waals surface area (Å²) in [5.41, 5.74) is 0. The van der Waals surface area contributed by atoms with Crippen molar-refractivity contribution in [3.8, 4) is 0 Å². The summed E-state index contributed by atoms with van der Waals surface area (Å²) >= 11 is 0. The smallest absolute Gasteiger partial charge is 0.288 e. The van der Waals surface area contributed by atoms with Crippen molar-refractivity contribution >= 4 is 5.91 Å². The van der Waals surface area contributed by atoms with Crippen molar-refractivity contribution in [2.75, 3.05) is 7.05 Å². The van der Waals surface area contributed by atoms with Crippen molar-refractivity contribution in [3.05, 3.63) is 24.3 Å². The molecule has 0 saturated carbocycles. The second-order valence-electron chi connectivity index (χ2n) is 2.36. The molecule has 72 valence electrons. The van der Waals surface area contributed by atoms with Crippen LogP contribution in [0.15, 0.2) is 18.5 Å². The van der Waals surface area contributed by atoms with Gasteiger partial charge in [-0.3, -0.25) is 4.79 Å². The Balaban J connectivity index is 0.000000424. The van der Waals surface area contributed by atoms with Gasteiger partial charge in [0, 0.05) is 19.4 Å². The number of nitrogens with one attached hydrogen (secondary N) is 1. The molecule has 0 aliphatic heterocycles. The van der Waals surface area contributed by atoms with Crippen molar-refractivity contribution < 1.29 is 4.79 Å².